The van der Waals surface area contributed by atoms with Crippen molar-refractivity contribution in [3.05, 3.63) is 23.8 Å². The van der Waals surface area contributed by atoms with Gasteiger partial charge in [-0.15, -0.1) is 24.0 Å². The Morgan fingerprint density at radius 2 is 1.87 bits per heavy atom. The summed E-state index contributed by atoms with van der Waals surface area (Å²) in [5.74, 6) is 3.06. The standard InChI is InChI=1S/C23H38N4O3.HI/c1-5-24-23(26-14-13-25-22(28)17-18-8-6-7-9-18)27(2)15-12-19-10-11-20(29-3)21(16-19)30-4;/h10-11,16,18H,5-9,12-15,17H2,1-4H3,(H,24,26)(H,25,28);1H. The summed E-state index contributed by atoms with van der Waals surface area (Å²) in [6.07, 6.45) is 6.45. The molecular weight excluding hydrogens is 507 g/mol. The third-order valence-corrected chi connectivity index (χ3v) is 5.52. The Bertz CT molecular complexity index is 693. The molecule has 8 heteroatoms. The lowest BCUT2D eigenvalue weighted by molar-refractivity contribution is -0.121. The summed E-state index contributed by atoms with van der Waals surface area (Å²) in [6.45, 7) is 4.81. The Hall–Kier alpha value is -1.71. The van der Waals surface area contributed by atoms with Crippen LogP contribution in [0.1, 0.15) is 44.6 Å². The lowest BCUT2D eigenvalue weighted by Crippen LogP contribution is -2.40. The highest BCUT2D eigenvalue weighted by Gasteiger charge is 2.18. The molecule has 2 N–H and O–H groups in total. The number of rotatable bonds is 11. The van der Waals surface area contributed by atoms with E-state index in [2.05, 4.69) is 33.5 Å². The molecule has 1 amide bonds. The first-order valence-electron chi connectivity index (χ1n) is 11.0. The molecule has 1 saturated carbocycles. The largest absolute Gasteiger partial charge is 0.493 e. The Labute approximate surface area is 204 Å². The van der Waals surface area contributed by atoms with Gasteiger partial charge in [0.25, 0.3) is 0 Å². The van der Waals surface area contributed by atoms with E-state index in [-0.39, 0.29) is 29.9 Å². The number of guanidine groups is 1. The normalized spacial score (nSPS) is 14.0. The predicted octanol–water partition coefficient (Wildman–Crippen LogP) is 3.46. The SMILES string of the molecule is CCNC(=NCCNC(=O)CC1CCCC1)N(C)CCc1ccc(OC)c(OC)c1.I. The summed E-state index contributed by atoms with van der Waals surface area (Å²) in [7, 11) is 5.32. The monoisotopic (exact) mass is 546 g/mol. The van der Waals surface area contributed by atoms with Gasteiger partial charge in [-0.1, -0.05) is 18.9 Å². The highest BCUT2D eigenvalue weighted by Crippen LogP contribution is 2.28. The van der Waals surface area contributed by atoms with Crippen molar-refractivity contribution in [3.8, 4) is 11.5 Å². The fourth-order valence-corrected chi connectivity index (χ4v) is 3.81. The fourth-order valence-electron chi connectivity index (χ4n) is 3.81. The average molecular weight is 546 g/mol. The van der Waals surface area contributed by atoms with Crippen LogP contribution in [0.15, 0.2) is 23.2 Å². The topological polar surface area (TPSA) is 75.2 Å². The van der Waals surface area contributed by atoms with Gasteiger partial charge in [0.05, 0.1) is 20.8 Å². The van der Waals surface area contributed by atoms with E-state index in [0.717, 1.165) is 37.0 Å². The average Bonchev–Trinajstić information content (AvgIpc) is 3.26. The maximum Gasteiger partial charge on any atom is 0.220 e. The van der Waals surface area contributed by atoms with E-state index in [1.165, 1.54) is 31.2 Å². The van der Waals surface area contributed by atoms with Crippen molar-refractivity contribution in [1.29, 1.82) is 0 Å². The maximum atomic E-state index is 12.1. The number of ether oxygens (including phenoxy) is 2. The number of carbonyl (C=O) groups excluding carboxylic acids is 1. The summed E-state index contributed by atoms with van der Waals surface area (Å²) in [6, 6.07) is 6.00. The molecule has 1 fully saturated rings. The first kappa shape index (κ1) is 27.3. The van der Waals surface area contributed by atoms with Crippen LogP contribution in [0, 0.1) is 5.92 Å². The lowest BCUT2D eigenvalue weighted by atomic mass is 10.0. The molecule has 1 aromatic rings. The van der Waals surface area contributed by atoms with Crippen LogP contribution >= 0.6 is 24.0 Å². The van der Waals surface area contributed by atoms with E-state index in [4.69, 9.17) is 9.47 Å². The first-order chi connectivity index (χ1) is 14.6. The van der Waals surface area contributed by atoms with Gasteiger partial charge in [-0.2, -0.15) is 0 Å². The van der Waals surface area contributed by atoms with Gasteiger partial charge in [0.1, 0.15) is 0 Å². The molecule has 0 unspecified atom stereocenters. The quantitative estimate of drug-likeness (QED) is 0.193. The summed E-state index contributed by atoms with van der Waals surface area (Å²) in [5, 5.41) is 6.33. The van der Waals surface area contributed by atoms with Gasteiger partial charge in [0, 0.05) is 33.1 Å². The molecule has 1 aliphatic carbocycles. The third kappa shape index (κ3) is 9.53. The minimum absolute atomic E-state index is 0. The third-order valence-electron chi connectivity index (χ3n) is 5.52. The predicted molar refractivity (Wildman–Crippen MR) is 137 cm³/mol. The molecule has 31 heavy (non-hydrogen) atoms. The molecular formula is C23H39IN4O3. The zero-order chi connectivity index (χ0) is 21.8. The minimum Gasteiger partial charge on any atom is -0.493 e. The summed E-state index contributed by atoms with van der Waals surface area (Å²) >= 11 is 0. The van der Waals surface area contributed by atoms with E-state index in [0.29, 0.717) is 25.4 Å². The van der Waals surface area contributed by atoms with E-state index in [1.807, 2.05) is 19.2 Å². The molecule has 0 atom stereocenters. The molecule has 0 radical (unpaired) electrons. The van der Waals surface area contributed by atoms with Gasteiger partial charge in [-0.25, -0.2) is 0 Å². The molecule has 0 aromatic heterocycles. The summed E-state index contributed by atoms with van der Waals surface area (Å²) in [4.78, 5) is 18.8. The van der Waals surface area contributed by atoms with Crippen LogP contribution in [0.25, 0.3) is 0 Å². The van der Waals surface area contributed by atoms with E-state index < -0.39 is 0 Å². The highest BCUT2D eigenvalue weighted by atomic mass is 127. The van der Waals surface area contributed by atoms with Crippen molar-refractivity contribution >= 4 is 35.8 Å². The number of halogens is 1. The van der Waals surface area contributed by atoms with Crippen LogP contribution in [0.5, 0.6) is 11.5 Å². The molecule has 176 valence electrons. The fraction of sp³-hybridized carbons (Fsp3) is 0.652. The number of nitrogens with zero attached hydrogens (tertiary/aromatic N) is 2. The van der Waals surface area contributed by atoms with Crippen LogP contribution in [-0.4, -0.2) is 64.2 Å². The zero-order valence-corrected chi connectivity index (χ0v) is 21.7. The number of nitrogens with one attached hydrogen (secondary N) is 2. The maximum absolute atomic E-state index is 12.1. The van der Waals surface area contributed by atoms with Crippen LogP contribution in [-0.2, 0) is 11.2 Å². The molecule has 7 nitrogen and oxygen atoms in total. The van der Waals surface area contributed by atoms with Gasteiger partial charge in [-0.05, 0) is 49.8 Å². The second kappa shape index (κ2) is 15.2. The van der Waals surface area contributed by atoms with Crippen molar-refractivity contribution in [3.63, 3.8) is 0 Å². The number of likely N-dealkylation sites (N-methyl/N-ethyl adjacent to an activating group) is 1. The van der Waals surface area contributed by atoms with Crippen molar-refractivity contribution in [2.75, 3.05) is 47.4 Å². The number of aliphatic imine (C=N–C) groups is 1. The second-order valence-electron chi connectivity index (χ2n) is 7.80. The number of methoxy groups -OCH3 is 2. The second-order valence-corrected chi connectivity index (χ2v) is 7.80. The van der Waals surface area contributed by atoms with Gasteiger partial charge in [0.2, 0.25) is 5.91 Å². The van der Waals surface area contributed by atoms with Gasteiger partial charge in [0.15, 0.2) is 17.5 Å². The molecule has 1 aliphatic rings. The van der Waals surface area contributed by atoms with Gasteiger partial charge < -0.3 is 25.0 Å². The van der Waals surface area contributed by atoms with Gasteiger partial charge >= 0.3 is 0 Å². The van der Waals surface area contributed by atoms with E-state index in [1.54, 1.807) is 14.2 Å². The zero-order valence-electron chi connectivity index (χ0n) is 19.4. The van der Waals surface area contributed by atoms with Gasteiger partial charge in [-0.3, -0.25) is 9.79 Å². The van der Waals surface area contributed by atoms with Crippen LogP contribution in [0.2, 0.25) is 0 Å². The number of amides is 1. The first-order valence-corrected chi connectivity index (χ1v) is 11.0. The molecule has 0 aliphatic heterocycles. The molecule has 0 bridgehead atoms. The van der Waals surface area contributed by atoms with Crippen molar-refractivity contribution in [2.45, 2.75) is 45.4 Å². The van der Waals surface area contributed by atoms with Crippen molar-refractivity contribution in [1.82, 2.24) is 15.5 Å². The van der Waals surface area contributed by atoms with Crippen LogP contribution in [0.3, 0.4) is 0 Å². The molecule has 0 spiro atoms. The summed E-state index contributed by atoms with van der Waals surface area (Å²) in [5.41, 5.74) is 1.18. The van der Waals surface area contributed by atoms with E-state index >= 15 is 0 Å². The Morgan fingerprint density at radius 1 is 1.16 bits per heavy atom. The lowest BCUT2D eigenvalue weighted by Gasteiger charge is -2.22. The summed E-state index contributed by atoms with van der Waals surface area (Å²) < 4.78 is 10.7. The number of hydrogen-bond acceptors (Lipinski definition) is 4. The highest BCUT2D eigenvalue weighted by molar-refractivity contribution is 14.0. The molecule has 0 saturated heterocycles. The Morgan fingerprint density at radius 3 is 2.52 bits per heavy atom. The number of carbonyl (C=O) groups is 1. The Kier molecular flexibility index (Phi) is 13.4. The molecule has 0 heterocycles. The molecule has 2 rings (SSSR count). The Balaban J connectivity index is 0.00000480. The number of benzene rings is 1. The van der Waals surface area contributed by atoms with E-state index in [9.17, 15) is 4.79 Å². The smallest absolute Gasteiger partial charge is 0.220 e. The molecule has 1 aromatic carbocycles. The number of hydrogen-bond donors (Lipinski definition) is 2. The van der Waals surface area contributed by atoms with Crippen LogP contribution < -0.4 is 20.1 Å². The van der Waals surface area contributed by atoms with Crippen molar-refractivity contribution in [2.24, 2.45) is 10.9 Å². The van der Waals surface area contributed by atoms with Crippen LogP contribution in [0.4, 0.5) is 0 Å². The minimum atomic E-state index is 0. The van der Waals surface area contributed by atoms with Crippen molar-refractivity contribution < 1.29 is 14.3 Å².